The van der Waals surface area contributed by atoms with Gasteiger partial charge in [-0.3, -0.25) is 0 Å². The number of benzene rings is 1. The van der Waals surface area contributed by atoms with Gasteiger partial charge >= 0.3 is 0 Å². The van der Waals surface area contributed by atoms with E-state index in [1.807, 2.05) is 10.7 Å². The van der Waals surface area contributed by atoms with Crippen molar-refractivity contribution in [2.75, 3.05) is 0 Å². The first-order valence-electron chi connectivity index (χ1n) is 6.07. The lowest BCUT2D eigenvalue weighted by molar-refractivity contribution is 0.745. The highest BCUT2D eigenvalue weighted by Gasteiger charge is 2.12. The van der Waals surface area contributed by atoms with Crippen LogP contribution in [0.3, 0.4) is 0 Å². The molecule has 0 aliphatic carbocycles. The molecule has 0 unspecified atom stereocenters. The molecule has 2 rings (SSSR count). The lowest BCUT2D eigenvalue weighted by atomic mass is 10.2. The van der Waals surface area contributed by atoms with Crippen LogP contribution in [-0.2, 0) is 13.0 Å². The monoisotopic (exact) mass is 308 g/mol. The van der Waals surface area contributed by atoms with Crippen LogP contribution in [0.5, 0.6) is 0 Å². The van der Waals surface area contributed by atoms with Gasteiger partial charge in [0.15, 0.2) is 0 Å². The van der Waals surface area contributed by atoms with Gasteiger partial charge in [0, 0.05) is 11.0 Å². The zero-order valence-corrected chi connectivity index (χ0v) is 12.2. The van der Waals surface area contributed by atoms with E-state index in [1.165, 1.54) is 5.56 Å². The zero-order valence-electron chi connectivity index (χ0n) is 10.7. The number of rotatable bonds is 4. The van der Waals surface area contributed by atoms with Crippen LogP contribution in [-0.4, -0.2) is 15.0 Å². The highest BCUT2D eigenvalue weighted by atomic mass is 79.9. The first kappa shape index (κ1) is 13.2. The largest absolute Gasteiger partial charge is 0.325 e. The molecule has 1 aromatic carbocycles. The topological polar surface area (TPSA) is 56.7 Å². The molecule has 18 heavy (non-hydrogen) atoms. The second-order valence-electron chi connectivity index (χ2n) is 4.28. The Kier molecular flexibility index (Phi) is 4.14. The lowest BCUT2D eigenvalue weighted by Crippen LogP contribution is -2.06. The third kappa shape index (κ3) is 2.47. The smallest absolute Gasteiger partial charge is 0.0999 e. The third-order valence-corrected chi connectivity index (χ3v) is 3.78. The van der Waals surface area contributed by atoms with Crippen molar-refractivity contribution < 1.29 is 0 Å². The Labute approximate surface area is 115 Å². The quantitative estimate of drug-likeness (QED) is 0.945. The SMILES string of the molecule is CCCc1c(CN)nnn1-c1ccc(C)c(Br)c1. The maximum absolute atomic E-state index is 5.70. The predicted molar refractivity (Wildman–Crippen MR) is 75.7 cm³/mol. The fraction of sp³-hybridized carbons (Fsp3) is 0.385. The number of aryl methyl sites for hydroxylation is 1. The number of nitrogens with two attached hydrogens (primary N) is 1. The van der Waals surface area contributed by atoms with Crippen LogP contribution in [0.15, 0.2) is 22.7 Å². The molecule has 0 saturated heterocycles. The normalized spacial score (nSPS) is 10.9. The molecule has 96 valence electrons. The van der Waals surface area contributed by atoms with Gasteiger partial charge in [-0.2, -0.15) is 0 Å². The summed E-state index contributed by atoms with van der Waals surface area (Å²) in [6.07, 6.45) is 1.98. The van der Waals surface area contributed by atoms with Gasteiger partial charge in [-0.1, -0.05) is 40.6 Å². The summed E-state index contributed by atoms with van der Waals surface area (Å²) in [5.74, 6) is 0. The van der Waals surface area contributed by atoms with Crippen molar-refractivity contribution in [1.82, 2.24) is 15.0 Å². The molecule has 0 aliphatic rings. The molecule has 5 heteroatoms. The molecule has 4 nitrogen and oxygen atoms in total. The van der Waals surface area contributed by atoms with Crippen molar-refractivity contribution in [3.63, 3.8) is 0 Å². The van der Waals surface area contributed by atoms with E-state index in [1.54, 1.807) is 0 Å². The van der Waals surface area contributed by atoms with Crippen molar-refractivity contribution in [2.24, 2.45) is 5.73 Å². The van der Waals surface area contributed by atoms with Gasteiger partial charge in [-0.05, 0) is 31.0 Å². The van der Waals surface area contributed by atoms with E-state index < -0.39 is 0 Å². The van der Waals surface area contributed by atoms with Crippen LogP contribution < -0.4 is 5.73 Å². The molecule has 0 atom stereocenters. The summed E-state index contributed by atoms with van der Waals surface area (Å²) in [5, 5.41) is 8.37. The first-order chi connectivity index (χ1) is 8.67. The molecule has 0 fully saturated rings. The Balaban J connectivity index is 2.49. The number of hydrogen-bond acceptors (Lipinski definition) is 3. The van der Waals surface area contributed by atoms with Gasteiger partial charge in [0.1, 0.15) is 0 Å². The Morgan fingerprint density at radius 1 is 1.39 bits per heavy atom. The molecule has 0 bridgehead atoms. The van der Waals surface area contributed by atoms with E-state index in [0.717, 1.165) is 34.4 Å². The van der Waals surface area contributed by atoms with Crippen molar-refractivity contribution in [2.45, 2.75) is 33.2 Å². The van der Waals surface area contributed by atoms with Gasteiger partial charge in [0.25, 0.3) is 0 Å². The van der Waals surface area contributed by atoms with Crippen molar-refractivity contribution in [1.29, 1.82) is 0 Å². The van der Waals surface area contributed by atoms with Crippen LogP contribution in [0, 0.1) is 6.92 Å². The molecular formula is C13H17BrN4. The average Bonchev–Trinajstić information content (AvgIpc) is 2.76. The second kappa shape index (κ2) is 5.63. The minimum atomic E-state index is 0.433. The van der Waals surface area contributed by atoms with Crippen LogP contribution in [0.1, 0.15) is 30.3 Å². The fourth-order valence-electron chi connectivity index (χ4n) is 1.90. The zero-order chi connectivity index (χ0) is 13.1. The van der Waals surface area contributed by atoms with Gasteiger partial charge < -0.3 is 5.73 Å². The van der Waals surface area contributed by atoms with E-state index in [0.29, 0.717) is 6.54 Å². The Morgan fingerprint density at radius 2 is 2.17 bits per heavy atom. The van der Waals surface area contributed by atoms with Gasteiger partial charge in [0.05, 0.1) is 17.1 Å². The molecular weight excluding hydrogens is 292 g/mol. The summed E-state index contributed by atoms with van der Waals surface area (Å²) in [5.41, 5.74) is 9.91. The Morgan fingerprint density at radius 3 is 2.78 bits per heavy atom. The number of aromatic nitrogens is 3. The van der Waals surface area contributed by atoms with Crippen LogP contribution in [0.2, 0.25) is 0 Å². The number of hydrogen-bond donors (Lipinski definition) is 1. The van der Waals surface area contributed by atoms with Crippen molar-refractivity contribution in [3.8, 4) is 5.69 Å². The van der Waals surface area contributed by atoms with E-state index in [2.05, 4.69) is 52.2 Å². The van der Waals surface area contributed by atoms with E-state index in [9.17, 15) is 0 Å². The van der Waals surface area contributed by atoms with Crippen molar-refractivity contribution >= 4 is 15.9 Å². The van der Waals surface area contributed by atoms with E-state index in [4.69, 9.17) is 5.73 Å². The third-order valence-electron chi connectivity index (χ3n) is 2.92. The summed E-state index contributed by atoms with van der Waals surface area (Å²) >= 11 is 3.54. The van der Waals surface area contributed by atoms with Gasteiger partial charge in [0.2, 0.25) is 0 Å². The van der Waals surface area contributed by atoms with E-state index >= 15 is 0 Å². The number of nitrogens with zero attached hydrogens (tertiary/aromatic N) is 3. The fourth-order valence-corrected chi connectivity index (χ4v) is 2.27. The molecule has 0 spiro atoms. The van der Waals surface area contributed by atoms with Crippen LogP contribution in [0.25, 0.3) is 5.69 Å². The summed E-state index contributed by atoms with van der Waals surface area (Å²) in [6, 6.07) is 6.18. The number of halogens is 1. The van der Waals surface area contributed by atoms with Gasteiger partial charge in [-0.25, -0.2) is 4.68 Å². The molecule has 1 heterocycles. The molecule has 0 radical (unpaired) electrons. The maximum Gasteiger partial charge on any atom is 0.0999 e. The first-order valence-corrected chi connectivity index (χ1v) is 6.86. The molecule has 0 amide bonds. The van der Waals surface area contributed by atoms with E-state index in [-0.39, 0.29) is 0 Å². The molecule has 2 aromatic rings. The summed E-state index contributed by atoms with van der Waals surface area (Å²) in [6.45, 7) is 4.64. The second-order valence-corrected chi connectivity index (χ2v) is 5.14. The van der Waals surface area contributed by atoms with Crippen LogP contribution >= 0.6 is 15.9 Å². The van der Waals surface area contributed by atoms with Crippen molar-refractivity contribution in [3.05, 3.63) is 39.6 Å². The average molecular weight is 309 g/mol. The Hall–Kier alpha value is -1.20. The van der Waals surface area contributed by atoms with Gasteiger partial charge in [-0.15, -0.1) is 5.10 Å². The molecule has 0 aliphatic heterocycles. The molecule has 2 N–H and O–H groups in total. The summed E-state index contributed by atoms with van der Waals surface area (Å²) in [4.78, 5) is 0. The molecule has 1 aromatic heterocycles. The maximum atomic E-state index is 5.70. The summed E-state index contributed by atoms with van der Waals surface area (Å²) < 4.78 is 2.96. The highest BCUT2D eigenvalue weighted by Crippen LogP contribution is 2.21. The predicted octanol–water partition coefficient (Wildman–Crippen LogP) is 2.75. The highest BCUT2D eigenvalue weighted by molar-refractivity contribution is 9.10. The molecule has 0 saturated carbocycles. The Bertz CT molecular complexity index is 548. The lowest BCUT2D eigenvalue weighted by Gasteiger charge is -2.08. The standard InChI is InChI=1S/C13H17BrN4/c1-3-4-13-12(8-15)16-17-18(13)10-6-5-9(2)11(14)7-10/h5-7H,3-4,8,15H2,1-2H3. The minimum Gasteiger partial charge on any atom is -0.325 e. The summed E-state index contributed by atoms with van der Waals surface area (Å²) in [7, 11) is 0. The minimum absolute atomic E-state index is 0.433. The van der Waals surface area contributed by atoms with Crippen LogP contribution in [0.4, 0.5) is 0 Å².